The first-order valence-corrected chi connectivity index (χ1v) is 6.23. The monoisotopic (exact) mass is 249 g/mol. The molecule has 1 aromatic carbocycles. The Morgan fingerprint density at radius 3 is 2.59 bits per heavy atom. The van der Waals surface area contributed by atoms with Crippen molar-refractivity contribution in [1.82, 2.24) is 4.98 Å². The van der Waals surface area contributed by atoms with E-state index < -0.39 is 5.60 Å². The Bertz CT molecular complexity index is 474. The Morgan fingerprint density at radius 2 is 2.00 bits per heavy atom. The van der Waals surface area contributed by atoms with Crippen molar-refractivity contribution >= 4 is 11.3 Å². The first-order valence-electron chi connectivity index (χ1n) is 5.41. The van der Waals surface area contributed by atoms with Gasteiger partial charge < -0.3 is 9.84 Å². The summed E-state index contributed by atoms with van der Waals surface area (Å²) in [4.78, 5) is 5.08. The zero-order valence-corrected chi connectivity index (χ0v) is 10.7. The number of rotatable bonds is 4. The molecule has 2 rings (SSSR count). The van der Waals surface area contributed by atoms with Crippen molar-refractivity contribution in [2.75, 3.05) is 0 Å². The first-order chi connectivity index (χ1) is 8.05. The Balaban J connectivity index is 1.99. The van der Waals surface area contributed by atoms with Crippen LogP contribution >= 0.6 is 11.3 Å². The normalized spacial score (nSPS) is 11.5. The van der Waals surface area contributed by atoms with Gasteiger partial charge >= 0.3 is 0 Å². The maximum atomic E-state index is 9.82. The molecule has 17 heavy (non-hydrogen) atoms. The van der Waals surface area contributed by atoms with Gasteiger partial charge in [-0.2, -0.15) is 0 Å². The lowest BCUT2D eigenvalue weighted by molar-refractivity contribution is 0.0823. The zero-order chi connectivity index (χ0) is 12.3. The third kappa shape index (κ3) is 3.28. The minimum atomic E-state index is -0.831. The topological polar surface area (TPSA) is 42.4 Å². The molecule has 90 valence electrons. The van der Waals surface area contributed by atoms with E-state index in [0.717, 1.165) is 15.6 Å². The molecule has 1 N–H and O–H groups in total. The number of hydrogen-bond acceptors (Lipinski definition) is 4. The van der Waals surface area contributed by atoms with Gasteiger partial charge in [0.25, 0.3) is 0 Å². The molecule has 0 aliphatic carbocycles. The van der Waals surface area contributed by atoms with Gasteiger partial charge in [0.15, 0.2) is 0 Å². The second-order valence-electron chi connectivity index (χ2n) is 4.28. The number of aliphatic hydroxyl groups is 1. The second-order valence-corrected chi connectivity index (χ2v) is 5.39. The van der Waals surface area contributed by atoms with Crippen molar-refractivity contribution in [3.63, 3.8) is 0 Å². The van der Waals surface area contributed by atoms with Gasteiger partial charge in [-0.25, -0.2) is 4.98 Å². The molecule has 0 saturated carbocycles. The van der Waals surface area contributed by atoms with Crippen LogP contribution in [0.3, 0.4) is 0 Å². The summed E-state index contributed by atoms with van der Waals surface area (Å²) in [6.45, 7) is 3.94. The summed E-state index contributed by atoms with van der Waals surface area (Å²) in [7, 11) is 0. The van der Waals surface area contributed by atoms with Gasteiger partial charge in [0.2, 0.25) is 0 Å². The predicted octanol–water partition coefficient (Wildman–Crippen LogP) is 2.95. The van der Waals surface area contributed by atoms with E-state index in [1.54, 1.807) is 20.0 Å². The zero-order valence-electron chi connectivity index (χ0n) is 9.88. The summed E-state index contributed by atoms with van der Waals surface area (Å²) in [6, 6.07) is 9.62. The van der Waals surface area contributed by atoms with Gasteiger partial charge in [-0.05, 0) is 26.0 Å². The van der Waals surface area contributed by atoms with Crippen LogP contribution < -0.4 is 4.74 Å². The smallest absolute Gasteiger partial charge is 0.140 e. The van der Waals surface area contributed by atoms with Crippen molar-refractivity contribution in [2.45, 2.75) is 26.1 Å². The fraction of sp³-hybridized carbons (Fsp3) is 0.308. The Hall–Kier alpha value is -1.39. The fourth-order valence-corrected chi connectivity index (χ4v) is 2.15. The van der Waals surface area contributed by atoms with Crippen LogP contribution in [0.1, 0.15) is 23.7 Å². The Morgan fingerprint density at radius 1 is 1.29 bits per heavy atom. The minimum absolute atomic E-state index is 0.435. The van der Waals surface area contributed by atoms with E-state index in [0.29, 0.717) is 6.61 Å². The molecular weight excluding hydrogens is 234 g/mol. The van der Waals surface area contributed by atoms with Crippen molar-refractivity contribution < 1.29 is 9.84 Å². The Kier molecular flexibility index (Phi) is 3.45. The average molecular weight is 249 g/mol. The SMILES string of the molecule is CC(C)(O)c1cnc(COc2ccccc2)s1. The minimum Gasteiger partial charge on any atom is -0.486 e. The van der Waals surface area contributed by atoms with Gasteiger partial charge in [0.05, 0.1) is 10.5 Å². The van der Waals surface area contributed by atoms with E-state index in [2.05, 4.69) is 4.98 Å². The van der Waals surface area contributed by atoms with Crippen molar-refractivity contribution in [3.05, 3.63) is 46.4 Å². The van der Waals surface area contributed by atoms with E-state index in [-0.39, 0.29) is 0 Å². The highest BCUT2D eigenvalue weighted by molar-refractivity contribution is 7.11. The van der Waals surface area contributed by atoms with Gasteiger partial charge in [0.1, 0.15) is 17.4 Å². The third-order valence-electron chi connectivity index (χ3n) is 2.26. The van der Waals surface area contributed by atoms with Gasteiger partial charge in [-0.3, -0.25) is 0 Å². The maximum absolute atomic E-state index is 9.82. The number of thiazole rings is 1. The summed E-state index contributed by atoms with van der Waals surface area (Å²) >= 11 is 1.47. The number of para-hydroxylation sites is 1. The highest BCUT2D eigenvalue weighted by Crippen LogP contribution is 2.26. The van der Waals surface area contributed by atoms with Crippen molar-refractivity contribution in [3.8, 4) is 5.75 Å². The average Bonchev–Trinajstić information content (AvgIpc) is 2.76. The van der Waals surface area contributed by atoms with Gasteiger partial charge in [-0.1, -0.05) is 18.2 Å². The quantitative estimate of drug-likeness (QED) is 0.906. The molecular formula is C13H15NO2S. The van der Waals surface area contributed by atoms with Gasteiger partial charge in [0, 0.05) is 6.20 Å². The molecule has 0 bridgehead atoms. The van der Waals surface area contributed by atoms with Crippen LogP contribution in [0.5, 0.6) is 5.75 Å². The molecule has 2 aromatic rings. The standard InChI is InChI=1S/C13H15NO2S/c1-13(2,15)11-8-14-12(17-11)9-16-10-6-4-3-5-7-10/h3-8,15H,9H2,1-2H3. The molecule has 0 aliphatic heterocycles. The Labute approximate surface area is 105 Å². The molecule has 0 spiro atoms. The molecule has 0 amide bonds. The molecule has 1 heterocycles. The van der Waals surface area contributed by atoms with Crippen LogP contribution in [0.25, 0.3) is 0 Å². The summed E-state index contributed by atoms with van der Waals surface area (Å²) in [6.07, 6.45) is 1.70. The summed E-state index contributed by atoms with van der Waals surface area (Å²) in [5, 5.41) is 10.7. The lowest BCUT2D eigenvalue weighted by Crippen LogP contribution is -2.12. The fourth-order valence-electron chi connectivity index (χ4n) is 1.32. The predicted molar refractivity (Wildman–Crippen MR) is 68.1 cm³/mol. The van der Waals surface area contributed by atoms with E-state index in [1.807, 2.05) is 30.3 Å². The summed E-state index contributed by atoms with van der Waals surface area (Å²) in [5.74, 6) is 0.826. The number of aromatic nitrogens is 1. The molecule has 1 aromatic heterocycles. The lowest BCUT2D eigenvalue weighted by Gasteiger charge is -2.13. The molecule has 0 atom stereocenters. The van der Waals surface area contributed by atoms with E-state index >= 15 is 0 Å². The van der Waals surface area contributed by atoms with Crippen molar-refractivity contribution in [1.29, 1.82) is 0 Å². The van der Waals surface area contributed by atoms with Crippen LogP contribution in [0, 0.1) is 0 Å². The van der Waals surface area contributed by atoms with E-state index in [1.165, 1.54) is 11.3 Å². The molecule has 0 fully saturated rings. The highest BCUT2D eigenvalue weighted by atomic mass is 32.1. The van der Waals surface area contributed by atoms with Crippen LogP contribution in [0.2, 0.25) is 0 Å². The summed E-state index contributed by atoms with van der Waals surface area (Å²) < 4.78 is 5.58. The maximum Gasteiger partial charge on any atom is 0.140 e. The van der Waals surface area contributed by atoms with Gasteiger partial charge in [-0.15, -0.1) is 11.3 Å². The van der Waals surface area contributed by atoms with E-state index in [4.69, 9.17) is 4.74 Å². The molecule has 3 nitrogen and oxygen atoms in total. The lowest BCUT2D eigenvalue weighted by atomic mass is 10.1. The van der Waals surface area contributed by atoms with Crippen LogP contribution in [0.15, 0.2) is 36.5 Å². The van der Waals surface area contributed by atoms with Crippen LogP contribution in [-0.2, 0) is 12.2 Å². The molecule has 0 unspecified atom stereocenters. The molecule has 4 heteroatoms. The van der Waals surface area contributed by atoms with Crippen molar-refractivity contribution in [2.24, 2.45) is 0 Å². The summed E-state index contributed by atoms with van der Waals surface area (Å²) in [5.41, 5.74) is -0.831. The largest absolute Gasteiger partial charge is 0.486 e. The molecule has 0 aliphatic rings. The highest BCUT2D eigenvalue weighted by Gasteiger charge is 2.19. The first kappa shape index (κ1) is 12.1. The molecule has 0 radical (unpaired) electrons. The van der Waals surface area contributed by atoms with Crippen LogP contribution in [-0.4, -0.2) is 10.1 Å². The number of nitrogens with zero attached hydrogens (tertiary/aromatic N) is 1. The second kappa shape index (κ2) is 4.85. The van der Waals surface area contributed by atoms with Crippen LogP contribution in [0.4, 0.5) is 0 Å². The number of hydrogen-bond donors (Lipinski definition) is 1. The number of benzene rings is 1. The van der Waals surface area contributed by atoms with E-state index in [9.17, 15) is 5.11 Å². The molecule has 0 saturated heterocycles. The number of ether oxygens (including phenoxy) is 1. The third-order valence-corrected chi connectivity index (χ3v) is 3.55.